The van der Waals surface area contributed by atoms with Crippen molar-refractivity contribution in [3.8, 4) is 0 Å². The van der Waals surface area contributed by atoms with Gasteiger partial charge in [0.2, 0.25) is 0 Å². The molecule has 0 heterocycles. The fourth-order valence-corrected chi connectivity index (χ4v) is 8.80. The van der Waals surface area contributed by atoms with Gasteiger partial charge in [0.05, 0.1) is 13.2 Å². The Morgan fingerprint density at radius 1 is 0.769 bits per heavy atom. The molecule has 4 fully saturated rings. The second kappa shape index (κ2) is 6.41. The highest BCUT2D eigenvalue weighted by molar-refractivity contribution is 7.41. The molecule has 26 heavy (non-hydrogen) atoms. The van der Waals surface area contributed by atoms with Crippen molar-refractivity contribution < 1.29 is 13.6 Å². The Balaban J connectivity index is 1.02. The molecular weight excluding hydrogens is 343 g/mol. The molecule has 0 aliphatic heterocycles. The monoisotopic (exact) mass is 374 g/mol. The number of fused-ring (bicyclic) bond motifs is 11. The first kappa shape index (κ1) is 16.7. The minimum Gasteiger partial charge on any atom is -0.316 e. The Labute approximate surface area is 158 Å². The molecule has 0 aromatic heterocycles. The summed E-state index contributed by atoms with van der Waals surface area (Å²) in [7, 11) is 0.573. The third-order valence-corrected chi connectivity index (χ3v) is 9.78. The largest absolute Gasteiger partial charge is 0.332 e. The molecule has 3 nitrogen and oxygen atoms in total. The molecule has 6 aliphatic rings. The average molecular weight is 374 g/mol. The van der Waals surface area contributed by atoms with Crippen molar-refractivity contribution in [2.24, 2.45) is 59.2 Å². The molecule has 0 aromatic rings. The lowest BCUT2D eigenvalue weighted by atomic mass is 9.70. The molecule has 0 N–H and O–H groups in total. The van der Waals surface area contributed by atoms with Crippen LogP contribution >= 0.6 is 8.60 Å². The van der Waals surface area contributed by atoms with Crippen LogP contribution in [0, 0.1) is 59.2 Å². The number of hydrogen-bond acceptors (Lipinski definition) is 3. The molecule has 6 bridgehead atoms. The fraction of sp³-hybridized carbons (Fsp3) is 0.818. The predicted octanol–water partition coefficient (Wildman–Crippen LogP) is 5.20. The maximum absolute atomic E-state index is 6.18. The van der Waals surface area contributed by atoms with Crippen LogP contribution in [-0.2, 0) is 13.6 Å². The van der Waals surface area contributed by atoms with Crippen LogP contribution < -0.4 is 0 Å². The molecular formula is C22H31O3P. The number of rotatable bonds is 7. The van der Waals surface area contributed by atoms with Gasteiger partial charge in [-0.3, -0.25) is 0 Å². The van der Waals surface area contributed by atoms with Crippen LogP contribution in [0.5, 0.6) is 0 Å². The van der Waals surface area contributed by atoms with Crippen molar-refractivity contribution in [3.05, 3.63) is 24.3 Å². The molecule has 4 saturated carbocycles. The normalized spacial score (nSPS) is 53.1. The zero-order valence-corrected chi connectivity index (χ0v) is 16.6. The van der Waals surface area contributed by atoms with E-state index in [1.807, 2.05) is 0 Å². The van der Waals surface area contributed by atoms with Crippen LogP contribution in [0.25, 0.3) is 0 Å². The Bertz CT molecular complexity index is 619. The van der Waals surface area contributed by atoms with Gasteiger partial charge in [-0.1, -0.05) is 24.3 Å². The van der Waals surface area contributed by atoms with E-state index in [0.717, 1.165) is 66.5 Å². The van der Waals surface area contributed by atoms with Crippen molar-refractivity contribution in [1.82, 2.24) is 0 Å². The van der Waals surface area contributed by atoms with E-state index in [2.05, 4.69) is 24.3 Å². The number of hydrogen-bond donors (Lipinski definition) is 0. The van der Waals surface area contributed by atoms with Crippen molar-refractivity contribution >= 4 is 8.60 Å². The van der Waals surface area contributed by atoms with E-state index in [-0.39, 0.29) is 0 Å². The predicted molar refractivity (Wildman–Crippen MR) is 102 cm³/mol. The third-order valence-electron chi connectivity index (χ3n) is 8.76. The van der Waals surface area contributed by atoms with Crippen molar-refractivity contribution in [3.63, 3.8) is 0 Å². The SMILES string of the molecule is COP(OCC1CC2C=CC1C2)OCC1CC2CC1C1C3C=CC(C3)C21. The highest BCUT2D eigenvalue weighted by atomic mass is 31.2. The van der Waals surface area contributed by atoms with Gasteiger partial charge < -0.3 is 13.6 Å². The van der Waals surface area contributed by atoms with Gasteiger partial charge in [0.25, 0.3) is 0 Å². The first-order valence-electron chi connectivity index (χ1n) is 10.8. The molecule has 6 rings (SSSR count). The van der Waals surface area contributed by atoms with Crippen LogP contribution in [0.3, 0.4) is 0 Å². The first-order valence-corrected chi connectivity index (χ1v) is 11.9. The zero-order chi connectivity index (χ0) is 17.3. The Kier molecular flexibility index (Phi) is 4.12. The maximum atomic E-state index is 6.18. The molecule has 0 aromatic carbocycles. The van der Waals surface area contributed by atoms with Gasteiger partial charge in [-0.25, -0.2) is 0 Å². The Morgan fingerprint density at radius 2 is 1.54 bits per heavy atom. The van der Waals surface area contributed by atoms with Crippen LogP contribution in [0.1, 0.15) is 32.1 Å². The minimum absolute atomic E-state index is 0.679. The minimum atomic E-state index is -1.17. The summed E-state index contributed by atoms with van der Waals surface area (Å²) in [5, 5.41) is 0. The van der Waals surface area contributed by atoms with Crippen LogP contribution in [0.4, 0.5) is 0 Å². The molecule has 0 amide bonds. The van der Waals surface area contributed by atoms with Crippen molar-refractivity contribution in [2.45, 2.75) is 32.1 Å². The fourth-order valence-electron chi connectivity index (χ4n) is 7.89. The van der Waals surface area contributed by atoms with Gasteiger partial charge in [0.1, 0.15) is 0 Å². The summed E-state index contributed by atoms with van der Waals surface area (Å²) in [6.07, 6.45) is 16.8. The lowest BCUT2D eigenvalue weighted by Crippen LogP contribution is -2.32. The Hall–Kier alpha value is -0.210. The smallest absolute Gasteiger partial charge is 0.316 e. The lowest BCUT2D eigenvalue weighted by Gasteiger charge is -2.36. The van der Waals surface area contributed by atoms with Gasteiger partial charge in [-0.2, -0.15) is 0 Å². The number of allylic oxidation sites excluding steroid dienone is 4. The van der Waals surface area contributed by atoms with E-state index >= 15 is 0 Å². The van der Waals surface area contributed by atoms with E-state index in [9.17, 15) is 0 Å². The first-order chi connectivity index (χ1) is 12.8. The zero-order valence-electron chi connectivity index (χ0n) is 15.7. The quantitative estimate of drug-likeness (QED) is 0.348. The molecule has 142 valence electrons. The molecule has 6 aliphatic carbocycles. The average Bonchev–Trinajstić information content (AvgIpc) is 3.48. The summed E-state index contributed by atoms with van der Waals surface area (Å²) >= 11 is 0. The summed E-state index contributed by atoms with van der Waals surface area (Å²) in [4.78, 5) is 0. The van der Waals surface area contributed by atoms with Gasteiger partial charge >= 0.3 is 8.60 Å². The van der Waals surface area contributed by atoms with Crippen LogP contribution in [0.2, 0.25) is 0 Å². The second-order valence-electron chi connectivity index (χ2n) is 9.80. The summed E-state index contributed by atoms with van der Waals surface area (Å²) in [6.45, 7) is 1.66. The van der Waals surface area contributed by atoms with Crippen LogP contribution in [-0.4, -0.2) is 20.3 Å². The summed E-state index contributed by atoms with van der Waals surface area (Å²) in [6, 6.07) is 0. The van der Waals surface area contributed by atoms with Gasteiger partial charge in [-0.05, 0) is 91.3 Å². The standard InChI is InChI=1S/C22H31O3P/c1-23-26(24-11-18-7-13-2-3-14(18)6-13)25-12-19-9-17-10-20(19)22-16-5-4-15(8-16)21(17)22/h2-5,13-22H,6-12H2,1H3. The van der Waals surface area contributed by atoms with Crippen molar-refractivity contribution in [2.75, 3.05) is 20.3 Å². The van der Waals surface area contributed by atoms with Crippen molar-refractivity contribution in [1.29, 1.82) is 0 Å². The molecule has 11 atom stereocenters. The van der Waals surface area contributed by atoms with Gasteiger partial charge in [0, 0.05) is 7.11 Å². The van der Waals surface area contributed by atoms with E-state index in [1.54, 1.807) is 7.11 Å². The van der Waals surface area contributed by atoms with E-state index in [4.69, 9.17) is 13.6 Å². The topological polar surface area (TPSA) is 27.7 Å². The van der Waals surface area contributed by atoms with E-state index < -0.39 is 8.60 Å². The third kappa shape index (κ3) is 2.54. The van der Waals surface area contributed by atoms with E-state index in [1.165, 1.54) is 32.1 Å². The lowest BCUT2D eigenvalue weighted by molar-refractivity contribution is 0.0870. The summed E-state index contributed by atoms with van der Waals surface area (Å²) in [5.41, 5.74) is 0. The van der Waals surface area contributed by atoms with Gasteiger partial charge in [-0.15, -0.1) is 0 Å². The second-order valence-corrected chi connectivity index (χ2v) is 11.1. The highest BCUT2D eigenvalue weighted by Gasteiger charge is 2.60. The molecule has 4 heteroatoms. The Morgan fingerprint density at radius 3 is 2.27 bits per heavy atom. The maximum Gasteiger partial charge on any atom is 0.332 e. The summed E-state index contributed by atoms with van der Waals surface area (Å²) in [5.74, 6) is 8.60. The molecule has 11 unspecified atom stereocenters. The van der Waals surface area contributed by atoms with Gasteiger partial charge in [0.15, 0.2) is 0 Å². The summed E-state index contributed by atoms with van der Waals surface area (Å²) < 4.78 is 17.8. The van der Waals surface area contributed by atoms with Crippen LogP contribution in [0.15, 0.2) is 24.3 Å². The highest BCUT2D eigenvalue weighted by Crippen LogP contribution is 2.67. The molecule has 0 spiro atoms. The molecule has 0 radical (unpaired) electrons. The molecule has 0 saturated heterocycles. The van der Waals surface area contributed by atoms with E-state index in [0.29, 0.717) is 5.92 Å².